The number of nitrogens with one attached hydrogen (secondary N) is 1. The van der Waals surface area contributed by atoms with Crippen LogP contribution in [-0.2, 0) is 0 Å². The Kier molecular flexibility index (Phi) is 6.27. The standard InChI is InChI=1S/C14H21NS/c1-4-10-16-11-9-15-13(3)14-7-5-12(2)6-8-14/h4-8,13,15H,1,9-11H2,2-3H3. The summed E-state index contributed by atoms with van der Waals surface area (Å²) in [5, 5.41) is 3.52. The maximum atomic E-state index is 3.71. The highest BCUT2D eigenvalue weighted by atomic mass is 32.2. The van der Waals surface area contributed by atoms with Gasteiger partial charge in [-0.15, -0.1) is 6.58 Å². The summed E-state index contributed by atoms with van der Waals surface area (Å²) in [6, 6.07) is 9.17. The summed E-state index contributed by atoms with van der Waals surface area (Å²) < 4.78 is 0. The molecule has 1 aromatic carbocycles. The Labute approximate surface area is 103 Å². The monoisotopic (exact) mass is 235 g/mol. The molecule has 0 amide bonds. The number of rotatable bonds is 7. The van der Waals surface area contributed by atoms with Crippen molar-refractivity contribution in [1.82, 2.24) is 5.32 Å². The molecule has 1 atom stereocenters. The van der Waals surface area contributed by atoms with Gasteiger partial charge in [0.15, 0.2) is 0 Å². The van der Waals surface area contributed by atoms with Gasteiger partial charge in [0.1, 0.15) is 0 Å². The van der Waals surface area contributed by atoms with Gasteiger partial charge >= 0.3 is 0 Å². The first-order valence-electron chi connectivity index (χ1n) is 5.72. The summed E-state index contributed by atoms with van der Waals surface area (Å²) in [6.07, 6.45) is 1.95. The van der Waals surface area contributed by atoms with Crippen molar-refractivity contribution in [2.24, 2.45) is 0 Å². The van der Waals surface area contributed by atoms with Gasteiger partial charge in [0.2, 0.25) is 0 Å². The molecule has 0 saturated carbocycles. The molecule has 1 N–H and O–H groups in total. The highest BCUT2D eigenvalue weighted by Crippen LogP contribution is 2.12. The summed E-state index contributed by atoms with van der Waals surface area (Å²) in [4.78, 5) is 0. The summed E-state index contributed by atoms with van der Waals surface area (Å²) in [5.41, 5.74) is 2.68. The smallest absolute Gasteiger partial charge is 0.0292 e. The van der Waals surface area contributed by atoms with Crippen molar-refractivity contribution in [2.75, 3.05) is 18.1 Å². The first-order valence-corrected chi connectivity index (χ1v) is 6.88. The molecule has 88 valence electrons. The molecular weight excluding hydrogens is 214 g/mol. The molecule has 2 heteroatoms. The Balaban J connectivity index is 2.26. The molecule has 0 bridgehead atoms. The van der Waals surface area contributed by atoms with Crippen LogP contribution in [0.3, 0.4) is 0 Å². The zero-order valence-electron chi connectivity index (χ0n) is 10.2. The van der Waals surface area contributed by atoms with Crippen LogP contribution in [-0.4, -0.2) is 18.1 Å². The fourth-order valence-electron chi connectivity index (χ4n) is 1.49. The van der Waals surface area contributed by atoms with E-state index in [0.29, 0.717) is 6.04 Å². The lowest BCUT2D eigenvalue weighted by atomic mass is 10.1. The summed E-state index contributed by atoms with van der Waals surface area (Å²) in [5.74, 6) is 2.18. The van der Waals surface area contributed by atoms with Crippen LogP contribution >= 0.6 is 11.8 Å². The topological polar surface area (TPSA) is 12.0 Å². The van der Waals surface area contributed by atoms with Crippen molar-refractivity contribution in [1.29, 1.82) is 0 Å². The van der Waals surface area contributed by atoms with Crippen LogP contribution in [0.25, 0.3) is 0 Å². The van der Waals surface area contributed by atoms with Gasteiger partial charge in [-0.1, -0.05) is 35.9 Å². The third-order valence-electron chi connectivity index (χ3n) is 2.51. The van der Waals surface area contributed by atoms with E-state index in [-0.39, 0.29) is 0 Å². The van der Waals surface area contributed by atoms with Crippen LogP contribution in [0, 0.1) is 6.92 Å². The zero-order chi connectivity index (χ0) is 11.8. The predicted molar refractivity (Wildman–Crippen MR) is 75.1 cm³/mol. The molecule has 16 heavy (non-hydrogen) atoms. The fourth-order valence-corrected chi connectivity index (χ4v) is 2.08. The van der Waals surface area contributed by atoms with Crippen molar-refractivity contribution in [3.8, 4) is 0 Å². The van der Waals surface area contributed by atoms with Crippen LogP contribution in [0.5, 0.6) is 0 Å². The molecule has 0 fully saturated rings. The normalized spacial score (nSPS) is 12.4. The van der Waals surface area contributed by atoms with E-state index < -0.39 is 0 Å². The average Bonchev–Trinajstić information content (AvgIpc) is 2.29. The zero-order valence-corrected chi connectivity index (χ0v) is 11.0. The quantitative estimate of drug-likeness (QED) is 0.573. The van der Waals surface area contributed by atoms with E-state index in [0.717, 1.165) is 18.1 Å². The highest BCUT2D eigenvalue weighted by molar-refractivity contribution is 7.99. The lowest BCUT2D eigenvalue weighted by Gasteiger charge is -2.14. The van der Waals surface area contributed by atoms with Crippen LogP contribution in [0.4, 0.5) is 0 Å². The number of hydrogen-bond donors (Lipinski definition) is 1. The fraction of sp³-hybridized carbons (Fsp3) is 0.429. The van der Waals surface area contributed by atoms with E-state index in [1.165, 1.54) is 11.1 Å². The summed E-state index contributed by atoms with van der Waals surface area (Å²) in [6.45, 7) is 9.09. The number of hydrogen-bond acceptors (Lipinski definition) is 2. The van der Waals surface area contributed by atoms with E-state index in [9.17, 15) is 0 Å². The second-order valence-electron chi connectivity index (χ2n) is 3.95. The minimum Gasteiger partial charge on any atom is -0.309 e. The molecule has 0 saturated heterocycles. The molecule has 0 aromatic heterocycles. The first-order chi connectivity index (χ1) is 7.74. The van der Waals surface area contributed by atoms with Crippen molar-refractivity contribution in [3.63, 3.8) is 0 Å². The van der Waals surface area contributed by atoms with E-state index in [4.69, 9.17) is 0 Å². The van der Waals surface area contributed by atoms with Gasteiger partial charge in [-0.2, -0.15) is 11.8 Å². The van der Waals surface area contributed by atoms with Crippen molar-refractivity contribution < 1.29 is 0 Å². The Bertz CT molecular complexity index is 305. The van der Waals surface area contributed by atoms with Gasteiger partial charge in [0, 0.05) is 24.1 Å². The molecule has 0 aliphatic rings. The lowest BCUT2D eigenvalue weighted by molar-refractivity contribution is 0.601. The molecule has 0 radical (unpaired) electrons. The van der Waals surface area contributed by atoms with Crippen LogP contribution in [0.1, 0.15) is 24.1 Å². The van der Waals surface area contributed by atoms with Gasteiger partial charge in [-0.25, -0.2) is 0 Å². The van der Waals surface area contributed by atoms with E-state index in [1.807, 2.05) is 17.8 Å². The first kappa shape index (κ1) is 13.3. The number of thioether (sulfide) groups is 1. The maximum Gasteiger partial charge on any atom is 0.0292 e. The second kappa shape index (κ2) is 7.53. The molecule has 0 heterocycles. The van der Waals surface area contributed by atoms with Crippen molar-refractivity contribution >= 4 is 11.8 Å². The maximum absolute atomic E-state index is 3.71. The molecule has 0 spiro atoms. The minimum absolute atomic E-state index is 0.435. The third-order valence-corrected chi connectivity index (χ3v) is 3.47. The lowest BCUT2D eigenvalue weighted by Crippen LogP contribution is -2.21. The molecular formula is C14H21NS. The summed E-state index contributed by atoms with van der Waals surface area (Å²) in [7, 11) is 0. The minimum atomic E-state index is 0.435. The van der Waals surface area contributed by atoms with Crippen LogP contribution < -0.4 is 5.32 Å². The van der Waals surface area contributed by atoms with E-state index >= 15 is 0 Å². The molecule has 1 aromatic rings. The Morgan fingerprint density at radius 1 is 1.38 bits per heavy atom. The van der Waals surface area contributed by atoms with Crippen LogP contribution in [0.2, 0.25) is 0 Å². The summed E-state index contributed by atoms with van der Waals surface area (Å²) >= 11 is 1.91. The molecule has 1 unspecified atom stereocenters. The van der Waals surface area contributed by atoms with Gasteiger partial charge < -0.3 is 5.32 Å². The van der Waals surface area contributed by atoms with Crippen LogP contribution in [0.15, 0.2) is 36.9 Å². The highest BCUT2D eigenvalue weighted by Gasteiger charge is 2.02. The van der Waals surface area contributed by atoms with Crippen molar-refractivity contribution in [3.05, 3.63) is 48.0 Å². The molecule has 1 rings (SSSR count). The Morgan fingerprint density at radius 3 is 2.69 bits per heavy atom. The third kappa shape index (κ3) is 4.86. The predicted octanol–water partition coefficient (Wildman–Crippen LogP) is 3.56. The van der Waals surface area contributed by atoms with Gasteiger partial charge in [-0.3, -0.25) is 0 Å². The van der Waals surface area contributed by atoms with Gasteiger partial charge in [0.05, 0.1) is 0 Å². The second-order valence-corrected chi connectivity index (χ2v) is 5.10. The number of benzene rings is 1. The van der Waals surface area contributed by atoms with E-state index in [2.05, 4.69) is 50.0 Å². The van der Waals surface area contributed by atoms with Gasteiger partial charge in [0.25, 0.3) is 0 Å². The van der Waals surface area contributed by atoms with Crippen molar-refractivity contribution in [2.45, 2.75) is 19.9 Å². The SMILES string of the molecule is C=CCSCCNC(C)c1ccc(C)cc1. The average molecular weight is 235 g/mol. The Hall–Kier alpha value is -0.730. The molecule has 0 aliphatic heterocycles. The number of aryl methyl sites for hydroxylation is 1. The molecule has 1 nitrogen and oxygen atoms in total. The Morgan fingerprint density at radius 2 is 2.06 bits per heavy atom. The van der Waals surface area contributed by atoms with E-state index in [1.54, 1.807) is 0 Å². The molecule has 0 aliphatic carbocycles. The van der Waals surface area contributed by atoms with Gasteiger partial charge in [-0.05, 0) is 19.4 Å². The largest absolute Gasteiger partial charge is 0.309 e.